The SMILES string of the molecule is CCCN(Cc1ccc(OC)cc1)C(=O)[C@@H](C)O. The zero-order valence-electron chi connectivity index (χ0n) is 11.2. The van der Waals surface area contributed by atoms with Crippen molar-refractivity contribution < 1.29 is 14.6 Å². The van der Waals surface area contributed by atoms with Gasteiger partial charge in [-0.25, -0.2) is 0 Å². The van der Waals surface area contributed by atoms with Crippen LogP contribution < -0.4 is 4.74 Å². The number of nitrogens with zero attached hydrogens (tertiary/aromatic N) is 1. The van der Waals surface area contributed by atoms with E-state index in [1.165, 1.54) is 6.92 Å². The number of benzene rings is 1. The molecular weight excluding hydrogens is 230 g/mol. The summed E-state index contributed by atoms with van der Waals surface area (Å²) in [6.45, 7) is 4.67. The molecule has 0 unspecified atom stereocenters. The highest BCUT2D eigenvalue weighted by Gasteiger charge is 2.17. The lowest BCUT2D eigenvalue weighted by atomic mass is 10.2. The molecule has 4 heteroatoms. The minimum atomic E-state index is -0.949. The smallest absolute Gasteiger partial charge is 0.251 e. The van der Waals surface area contributed by atoms with Gasteiger partial charge in [0.15, 0.2) is 0 Å². The van der Waals surface area contributed by atoms with Gasteiger partial charge >= 0.3 is 0 Å². The number of methoxy groups -OCH3 is 1. The maximum absolute atomic E-state index is 11.8. The number of amides is 1. The van der Waals surface area contributed by atoms with Crippen molar-refractivity contribution in [2.45, 2.75) is 32.9 Å². The normalized spacial score (nSPS) is 12.0. The number of carbonyl (C=O) groups is 1. The molecule has 0 aliphatic rings. The van der Waals surface area contributed by atoms with E-state index in [0.29, 0.717) is 13.1 Å². The molecular formula is C14H21NO3. The van der Waals surface area contributed by atoms with Crippen LogP contribution in [0.1, 0.15) is 25.8 Å². The van der Waals surface area contributed by atoms with Gasteiger partial charge in [-0.3, -0.25) is 4.79 Å². The summed E-state index contributed by atoms with van der Waals surface area (Å²) < 4.78 is 5.09. The number of rotatable bonds is 6. The third-order valence-electron chi connectivity index (χ3n) is 2.70. The van der Waals surface area contributed by atoms with Crippen molar-refractivity contribution >= 4 is 5.91 Å². The maximum atomic E-state index is 11.8. The van der Waals surface area contributed by atoms with E-state index in [9.17, 15) is 9.90 Å². The number of carbonyl (C=O) groups excluding carboxylic acids is 1. The Balaban J connectivity index is 2.73. The van der Waals surface area contributed by atoms with Crippen LogP contribution in [0.3, 0.4) is 0 Å². The molecule has 0 saturated heterocycles. The molecule has 0 aliphatic heterocycles. The highest BCUT2D eigenvalue weighted by Crippen LogP contribution is 2.13. The standard InChI is InChI=1S/C14H21NO3/c1-4-9-15(14(17)11(2)16)10-12-5-7-13(18-3)8-6-12/h5-8,11,16H,4,9-10H2,1-3H3/t11-/m1/s1. The molecule has 0 heterocycles. The van der Waals surface area contributed by atoms with Crippen LogP contribution in [0.5, 0.6) is 5.75 Å². The molecule has 0 spiro atoms. The fourth-order valence-corrected chi connectivity index (χ4v) is 1.75. The molecule has 0 saturated carbocycles. The van der Waals surface area contributed by atoms with Gasteiger partial charge < -0.3 is 14.7 Å². The summed E-state index contributed by atoms with van der Waals surface area (Å²) in [7, 11) is 1.62. The Bertz CT molecular complexity index is 373. The molecule has 1 N–H and O–H groups in total. The lowest BCUT2D eigenvalue weighted by molar-refractivity contribution is -0.139. The molecule has 1 aromatic carbocycles. The first-order valence-corrected chi connectivity index (χ1v) is 6.18. The van der Waals surface area contributed by atoms with Crippen LogP contribution in [0.25, 0.3) is 0 Å². The fourth-order valence-electron chi connectivity index (χ4n) is 1.75. The lowest BCUT2D eigenvalue weighted by Crippen LogP contribution is -2.37. The first-order valence-electron chi connectivity index (χ1n) is 6.18. The second kappa shape index (κ2) is 7.01. The number of ether oxygens (including phenoxy) is 1. The largest absolute Gasteiger partial charge is 0.497 e. The van der Waals surface area contributed by atoms with E-state index >= 15 is 0 Å². The molecule has 18 heavy (non-hydrogen) atoms. The van der Waals surface area contributed by atoms with Gasteiger partial charge in [0.25, 0.3) is 5.91 Å². The zero-order valence-corrected chi connectivity index (χ0v) is 11.2. The molecule has 0 radical (unpaired) electrons. The van der Waals surface area contributed by atoms with E-state index in [1.54, 1.807) is 12.0 Å². The lowest BCUT2D eigenvalue weighted by Gasteiger charge is -2.23. The van der Waals surface area contributed by atoms with Crippen LogP contribution in [0.15, 0.2) is 24.3 Å². The van der Waals surface area contributed by atoms with Crippen molar-refractivity contribution in [3.05, 3.63) is 29.8 Å². The summed E-state index contributed by atoms with van der Waals surface area (Å²) in [6.07, 6.45) is -0.0796. The third kappa shape index (κ3) is 4.04. The van der Waals surface area contributed by atoms with Crippen molar-refractivity contribution in [2.75, 3.05) is 13.7 Å². The van der Waals surface area contributed by atoms with Crippen molar-refractivity contribution in [2.24, 2.45) is 0 Å². The number of hydrogen-bond donors (Lipinski definition) is 1. The molecule has 0 fully saturated rings. The van der Waals surface area contributed by atoms with Crippen LogP contribution in [0, 0.1) is 0 Å². The van der Waals surface area contributed by atoms with Crippen molar-refractivity contribution in [1.29, 1.82) is 0 Å². The van der Waals surface area contributed by atoms with Crippen LogP contribution >= 0.6 is 0 Å². The molecule has 1 rings (SSSR count). The van der Waals surface area contributed by atoms with E-state index in [1.807, 2.05) is 31.2 Å². The molecule has 1 amide bonds. The Labute approximate surface area is 108 Å². The predicted molar refractivity (Wildman–Crippen MR) is 70.4 cm³/mol. The summed E-state index contributed by atoms with van der Waals surface area (Å²) >= 11 is 0. The average molecular weight is 251 g/mol. The van der Waals surface area contributed by atoms with Gasteiger partial charge in [0.05, 0.1) is 7.11 Å². The van der Waals surface area contributed by atoms with Gasteiger partial charge in [-0.1, -0.05) is 19.1 Å². The quantitative estimate of drug-likeness (QED) is 0.839. The number of hydrogen-bond acceptors (Lipinski definition) is 3. The van der Waals surface area contributed by atoms with Crippen molar-refractivity contribution in [3.8, 4) is 5.75 Å². The van der Waals surface area contributed by atoms with Crippen LogP contribution in [0.2, 0.25) is 0 Å². The van der Waals surface area contributed by atoms with Gasteiger partial charge in [0, 0.05) is 13.1 Å². The van der Waals surface area contributed by atoms with Gasteiger partial charge in [-0.05, 0) is 31.0 Å². The van der Waals surface area contributed by atoms with E-state index in [0.717, 1.165) is 17.7 Å². The Morgan fingerprint density at radius 1 is 1.39 bits per heavy atom. The molecule has 0 aliphatic carbocycles. The monoisotopic (exact) mass is 251 g/mol. The summed E-state index contributed by atoms with van der Waals surface area (Å²) in [5.74, 6) is 0.565. The van der Waals surface area contributed by atoms with Crippen molar-refractivity contribution in [1.82, 2.24) is 4.90 Å². The number of aliphatic hydroxyl groups is 1. The van der Waals surface area contributed by atoms with E-state index < -0.39 is 6.10 Å². The van der Waals surface area contributed by atoms with E-state index in [4.69, 9.17) is 4.74 Å². The second-order valence-electron chi connectivity index (χ2n) is 4.28. The fraction of sp³-hybridized carbons (Fsp3) is 0.500. The van der Waals surface area contributed by atoms with Crippen molar-refractivity contribution in [3.63, 3.8) is 0 Å². The van der Waals surface area contributed by atoms with Gasteiger partial charge in [0.1, 0.15) is 11.9 Å². The summed E-state index contributed by atoms with van der Waals surface area (Å²) in [6, 6.07) is 7.59. The first kappa shape index (κ1) is 14.5. The third-order valence-corrected chi connectivity index (χ3v) is 2.70. The molecule has 0 aromatic heterocycles. The Morgan fingerprint density at radius 3 is 2.44 bits per heavy atom. The average Bonchev–Trinajstić information content (AvgIpc) is 2.38. The van der Waals surface area contributed by atoms with Gasteiger partial charge in [0.2, 0.25) is 0 Å². The molecule has 4 nitrogen and oxygen atoms in total. The van der Waals surface area contributed by atoms with E-state index in [-0.39, 0.29) is 5.91 Å². The molecule has 100 valence electrons. The maximum Gasteiger partial charge on any atom is 0.251 e. The highest BCUT2D eigenvalue weighted by molar-refractivity contribution is 5.80. The Kier molecular flexibility index (Phi) is 5.65. The molecule has 1 atom stereocenters. The predicted octanol–water partition coefficient (Wildman–Crippen LogP) is 1.81. The molecule has 0 bridgehead atoms. The highest BCUT2D eigenvalue weighted by atomic mass is 16.5. The Hall–Kier alpha value is -1.55. The zero-order chi connectivity index (χ0) is 13.5. The first-order chi connectivity index (χ1) is 8.58. The number of aliphatic hydroxyl groups excluding tert-OH is 1. The van der Waals surface area contributed by atoms with Crippen LogP contribution in [-0.2, 0) is 11.3 Å². The second-order valence-corrected chi connectivity index (χ2v) is 4.28. The summed E-state index contributed by atoms with van der Waals surface area (Å²) in [4.78, 5) is 13.5. The van der Waals surface area contributed by atoms with E-state index in [2.05, 4.69) is 0 Å². The minimum Gasteiger partial charge on any atom is -0.497 e. The molecule has 1 aromatic rings. The summed E-state index contributed by atoms with van der Waals surface area (Å²) in [5.41, 5.74) is 1.03. The summed E-state index contributed by atoms with van der Waals surface area (Å²) in [5, 5.41) is 9.37. The van der Waals surface area contributed by atoms with Crippen LogP contribution in [0.4, 0.5) is 0 Å². The topological polar surface area (TPSA) is 49.8 Å². The van der Waals surface area contributed by atoms with Gasteiger partial charge in [-0.2, -0.15) is 0 Å². The van der Waals surface area contributed by atoms with Gasteiger partial charge in [-0.15, -0.1) is 0 Å². The van der Waals surface area contributed by atoms with Crippen LogP contribution in [-0.4, -0.2) is 35.7 Å². The minimum absolute atomic E-state index is 0.229. The Morgan fingerprint density at radius 2 is 2.00 bits per heavy atom.